The third-order valence-corrected chi connectivity index (χ3v) is 2.62. The minimum absolute atomic E-state index is 0.176. The van der Waals surface area contributed by atoms with Crippen LogP contribution in [0.3, 0.4) is 0 Å². The molecule has 17 heavy (non-hydrogen) atoms. The van der Waals surface area contributed by atoms with E-state index in [9.17, 15) is 13.6 Å². The van der Waals surface area contributed by atoms with E-state index in [1.54, 1.807) is 0 Å². The van der Waals surface area contributed by atoms with Crippen LogP contribution >= 0.6 is 0 Å². The van der Waals surface area contributed by atoms with Crippen molar-refractivity contribution in [3.05, 3.63) is 35.4 Å². The molecule has 0 aromatic heterocycles. The Balaban J connectivity index is 3.14. The molecule has 1 aromatic carbocycles. The number of hydrogen-bond acceptors (Lipinski definition) is 2. The van der Waals surface area contributed by atoms with Crippen LogP contribution in [0.2, 0.25) is 0 Å². The maximum absolute atomic E-state index is 13.7. The van der Waals surface area contributed by atoms with E-state index in [-0.39, 0.29) is 11.1 Å². The smallest absolute Gasteiger partial charge is 0.325 e. The van der Waals surface area contributed by atoms with E-state index < -0.39 is 23.9 Å². The highest BCUT2D eigenvalue weighted by molar-refractivity contribution is 5.75. The number of rotatable bonds is 4. The molecule has 0 saturated carbocycles. The number of aliphatic carboxylic acids is 1. The van der Waals surface area contributed by atoms with Crippen LogP contribution in [0.25, 0.3) is 0 Å². The summed E-state index contributed by atoms with van der Waals surface area (Å²) in [7, 11) is 0. The first-order chi connectivity index (χ1) is 7.76. The van der Waals surface area contributed by atoms with Gasteiger partial charge in [-0.25, -0.2) is 8.78 Å². The van der Waals surface area contributed by atoms with Crippen molar-refractivity contribution in [3.8, 4) is 0 Å². The topological polar surface area (TPSA) is 63.3 Å². The molecule has 0 aliphatic heterocycles. The molecule has 0 aliphatic rings. The summed E-state index contributed by atoms with van der Waals surface area (Å²) in [6, 6.07) is 3.97. The second-order valence-corrected chi connectivity index (χ2v) is 4.22. The normalized spacial score (nSPS) is 13.8. The van der Waals surface area contributed by atoms with Crippen molar-refractivity contribution in [2.45, 2.75) is 25.8 Å². The summed E-state index contributed by atoms with van der Waals surface area (Å²) >= 11 is 0. The summed E-state index contributed by atoms with van der Waals surface area (Å²) in [5.74, 6) is -5.09. The summed E-state index contributed by atoms with van der Waals surface area (Å²) < 4.78 is 27.5. The molecule has 0 amide bonds. The maximum Gasteiger partial charge on any atom is 0.325 e. The van der Waals surface area contributed by atoms with Gasteiger partial charge in [0, 0.05) is 11.5 Å². The molecule has 0 radical (unpaired) electrons. The molecular weight excluding hydrogens is 228 g/mol. The Bertz CT molecular complexity index is 419. The fraction of sp³-hybridized carbons (Fsp3) is 0.417. The van der Waals surface area contributed by atoms with Crippen LogP contribution in [0.15, 0.2) is 24.3 Å². The van der Waals surface area contributed by atoms with Crippen LogP contribution in [0.1, 0.15) is 31.0 Å². The van der Waals surface area contributed by atoms with E-state index in [2.05, 4.69) is 0 Å². The molecule has 5 heteroatoms. The third-order valence-electron chi connectivity index (χ3n) is 2.62. The number of carboxylic acids is 1. The molecular formula is C12H15F2NO2. The highest BCUT2D eigenvalue weighted by atomic mass is 19.3. The van der Waals surface area contributed by atoms with E-state index >= 15 is 0 Å². The van der Waals surface area contributed by atoms with Gasteiger partial charge in [0.25, 0.3) is 5.92 Å². The van der Waals surface area contributed by atoms with E-state index in [1.807, 2.05) is 0 Å². The number of halogens is 2. The molecule has 0 aliphatic carbocycles. The minimum atomic E-state index is -2.99. The molecule has 1 aromatic rings. The Labute approximate surface area is 98.2 Å². The van der Waals surface area contributed by atoms with Crippen LogP contribution in [0, 0.1) is 5.92 Å². The standard InChI is InChI=1S/C12H15F2NO2/c1-7(2)12(13,14)9-5-3-4-8(6-9)10(15)11(16)17/h3-7,10H,15H2,1-2H3,(H,16,17). The first-order valence-corrected chi connectivity index (χ1v) is 5.23. The van der Waals surface area contributed by atoms with E-state index in [1.165, 1.54) is 32.0 Å². The SMILES string of the molecule is CC(C)C(F)(F)c1cccc(C(N)C(=O)O)c1. The summed E-state index contributed by atoms with van der Waals surface area (Å²) in [4.78, 5) is 10.7. The fourth-order valence-corrected chi connectivity index (χ4v) is 1.42. The Hall–Kier alpha value is -1.49. The predicted octanol–water partition coefficient (Wildman–Crippen LogP) is 2.52. The first-order valence-electron chi connectivity index (χ1n) is 5.23. The number of nitrogens with two attached hydrogens (primary N) is 1. The Morgan fingerprint density at radius 3 is 2.47 bits per heavy atom. The molecule has 3 N–H and O–H groups in total. The predicted molar refractivity (Wildman–Crippen MR) is 59.7 cm³/mol. The lowest BCUT2D eigenvalue weighted by atomic mass is 9.95. The number of hydrogen-bond donors (Lipinski definition) is 2. The molecule has 1 rings (SSSR count). The van der Waals surface area contributed by atoms with Crippen LogP contribution in [-0.4, -0.2) is 11.1 Å². The third kappa shape index (κ3) is 2.79. The van der Waals surface area contributed by atoms with Crippen molar-refractivity contribution in [1.29, 1.82) is 0 Å². The highest BCUT2D eigenvalue weighted by Crippen LogP contribution is 2.36. The van der Waals surface area contributed by atoms with Crippen LogP contribution in [0.4, 0.5) is 8.78 Å². The van der Waals surface area contributed by atoms with Gasteiger partial charge < -0.3 is 10.8 Å². The monoisotopic (exact) mass is 243 g/mol. The molecule has 0 fully saturated rings. The van der Waals surface area contributed by atoms with Gasteiger partial charge in [-0.15, -0.1) is 0 Å². The van der Waals surface area contributed by atoms with E-state index in [4.69, 9.17) is 10.8 Å². The zero-order chi connectivity index (χ0) is 13.2. The Morgan fingerprint density at radius 2 is 2.00 bits per heavy atom. The van der Waals surface area contributed by atoms with Crippen molar-refractivity contribution in [1.82, 2.24) is 0 Å². The van der Waals surface area contributed by atoms with Gasteiger partial charge in [0.05, 0.1) is 0 Å². The Morgan fingerprint density at radius 1 is 1.41 bits per heavy atom. The first kappa shape index (κ1) is 13.6. The van der Waals surface area contributed by atoms with Crippen molar-refractivity contribution in [3.63, 3.8) is 0 Å². The minimum Gasteiger partial charge on any atom is -0.480 e. The summed E-state index contributed by atoms with van der Waals surface area (Å²) in [6.07, 6.45) is 0. The van der Waals surface area contributed by atoms with Crippen LogP contribution in [-0.2, 0) is 10.7 Å². The van der Waals surface area contributed by atoms with Gasteiger partial charge in [0.1, 0.15) is 6.04 Å². The molecule has 0 heterocycles. The van der Waals surface area contributed by atoms with Gasteiger partial charge in [0.15, 0.2) is 0 Å². The summed E-state index contributed by atoms with van der Waals surface area (Å²) in [5.41, 5.74) is 5.35. The zero-order valence-corrected chi connectivity index (χ0v) is 9.65. The number of carbonyl (C=O) groups is 1. The Kier molecular flexibility index (Phi) is 3.83. The van der Waals surface area contributed by atoms with Crippen molar-refractivity contribution in [2.75, 3.05) is 0 Å². The van der Waals surface area contributed by atoms with E-state index in [0.29, 0.717) is 0 Å². The number of carboxylic acid groups (broad SMARTS) is 1. The molecule has 0 saturated heterocycles. The lowest BCUT2D eigenvalue weighted by molar-refractivity contribution is -0.138. The van der Waals surface area contributed by atoms with Gasteiger partial charge in [-0.3, -0.25) is 4.79 Å². The quantitative estimate of drug-likeness (QED) is 0.854. The average molecular weight is 243 g/mol. The van der Waals surface area contributed by atoms with Crippen LogP contribution < -0.4 is 5.73 Å². The molecule has 1 atom stereocenters. The maximum atomic E-state index is 13.7. The molecule has 1 unspecified atom stereocenters. The van der Waals surface area contributed by atoms with Crippen molar-refractivity contribution < 1.29 is 18.7 Å². The fourth-order valence-electron chi connectivity index (χ4n) is 1.42. The lowest BCUT2D eigenvalue weighted by Crippen LogP contribution is -2.24. The van der Waals surface area contributed by atoms with Gasteiger partial charge in [-0.2, -0.15) is 0 Å². The second kappa shape index (κ2) is 4.79. The summed E-state index contributed by atoms with van der Waals surface area (Å²) in [6.45, 7) is 2.81. The zero-order valence-electron chi connectivity index (χ0n) is 9.65. The second-order valence-electron chi connectivity index (χ2n) is 4.22. The van der Waals surface area contributed by atoms with Crippen molar-refractivity contribution >= 4 is 5.97 Å². The average Bonchev–Trinajstić information content (AvgIpc) is 2.27. The lowest BCUT2D eigenvalue weighted by Gasteiger charge is -2.21. The largest absolute Gasteiger partial charge is 0.480 e. The highest BCUT2D eigenvalue weighted by Gasteiger charge is 2.35. The van der Waals surface area contributed by atoms with E-state index in [0.717, 1.165) is 6.07 Å². The van der Waals surface area contributed by atoms with Gasteiger partial charge in [-0.05, 0) is 11.6 Å². The van der Waals surface area contributed by atoms with Gasteiger partial charge in [0.2, 0.25) is 0 Å². The number of alkyl halides is 2. The number of benzene rings is 1. The molecule has 3 nitrogen and oxygen atoms in total. The molecule has 0 spiro atoms. The molecule has 94 valence electrons. The van der Waals surface area contributed by atoms with Gasteiger partial charge >= 0.3 is 5.97 Å². The molecule has 0 bridgehead atoms. The van der Waals surface area contributed by atoms with Crippen molar-refractivity contribution in [2.24, 2.45) is 11.7 Å². The van der Waals surface area contributed by atoms with Crippen LogP contribution in [0.5, 0.6) is 0 Å². The van der Waals surface area contributed by atoms with Gasteiger partial charge in [-0.1, -0.05) is 32.0 Å². The summed E-state index contributed by atoms with van der Waals surface area (Å²) in [5, 5.41) is 8.73.